The molecule has 1 amide bonds. The monoisotopic (exact) mass is 454 g/mol. The first kappa shape index (κ1) is 23.2. The summed E-state index contributed by atoms with van der Waals surface area (Å²) in [6, 6.07) is 24.9. The van der Waals surface area contributed by atoms with E-state index in [1.165, 1.54) is 0 Å². The van der Waals surface area contributed by atoms with E-state index in [1.54, 1.807) is 15.8 Å². The zero-order valence-corrected chi connectivity index (χ0v) is 20.1. The first-order chi connectivity index (χ1) is 16.3. The van der Waals surface area contributed by atoms with Gasteiger partial charge in [0.25, 0.3) is 5.56 Å². The second kappa shape index (κ2) is 9.51. The zero-order chi connectivity index (χ0) is 24.3. The van der Waals surface area contributed by atoms with Gasteiger partial charge in [0, 0.05) is 18.9 Å². The quantitative estimate of drug-likeness (QED) is 0.416. The van der Waals surface area contributed by atoms with Crippen LogP contribution in [0, 0.1) is 6.92 Å². The Bertz CT molecular complexity index is 1320. The van der Waals surface area contributed by atoms with Crippen molar-refractivity contribution in [3.05, 3.63) is 118 Å². The van der Waals surface area contributed by atoms with Crippen LogP contribution in [0.3, 0.4) is 0 Å². The van der Waals surface area contributed by atoms with Gasteiger partial charge in [0.05, 0.1) is 35.4 Å². The van der Waals surface area contributed by atoms with Crippen LogP contribution in [0.1, 0.15) is 36.4 Å². The standard InChI is InChI=1S/C28H30N4O2/c1-21-25(26(33)32(30(21)4)24-16-9-6-10-17-24)20-31(19-23-15-11-12-18-29-23)27(34)28(2,3)22-13-7-5-8-14-22/h5-18H,19-20H2,1-4H3. The van der Waals surface area contributed by atoms with Crippen LogP contribution in [0.25, 0.3) is 5.69 Å². The van der Waals surface area contributed by atoms with E-state index in [2.05, 4.69) is 4.98 Å². The number of nitrogens with zero attached hydrogens (tertiary/aromatic N) is 4. The van der Waals surface area contributed by atoms with Crippen molar-refractivity contribution in [3.8, 4) is 5.69 Å². The Hall–Kier alpha value is -3.93. The lowest BCUT2D eigenvalue weighted by molar-refractivity contribution is -0.137. The Labute approximate surface area is 200 Å². The molecule has 2 aromatic carbocycles. The summed E-state index contributed by atoms with van der Waals surface area (Å²) < 4.78 is 3.50. The zero-order valence-electron chi connectivity index (χ0n) is 20.1. The van der Waals surface area contributed by atoms with Crippen LogP contribution in [0.5, 0.6) is 0 Å². The van der Waals surface area contributed by atoms with E-state index in [4.69, 9.17) is 0 Å². The van der Waals surface area contributed by atoms with Crippen LogP contribution >= 0.6 is 0 Å². The van der Waals surface area contributed by atoms with Crippen molar-refractivity contribution < 1.29 is 4.79 Å². The smallest absolute Gasteiger partial charge is 0.276 e. The average Bonchev–Trinajstić information content (AvgIpc) is 3.07. The second-order valence-corrected chi connectivity index (χ2v) is 9.01. The molecule has 4 rings (SSSR count). The third-order valence-electron chi connectivity index (χ3n) is 6.42. The van der Waals surface area contributed by atoms with Gasteiger partial charge in [-0.3, -0.25) is 19.3 Å². The Balaban J connectivity index is 1.75. The highest BCUT2D eigenvalue weighted by atomic mass is 16.2. The van der Waals surface area contributed by atoms with Crippen LogP contribution in [0.4, 0.5) is 0 Å². The molecule has 0 aliphatic carbocycles. The minimum Gasteiger partial charge on any atom is -0.331 e. The molecule has 0 saturated heterocycles. The molecule has 2 aromatic heterocycles. The second-order valence-electron chi connectivity index (χ2n) is 9.01. The molecule has 0 aliphatic heterocycles. The predicted octanol–water partition coefficient (Wildman–Crippen LogP) is 4.39. The van der Waals surface area contributed by atoms with Crippen molar-refractivity contribution in [2.75, 3.05) is 0 Å². The molecule has 174 valence electrons. The fourth-order valence-corrected chi connectivity index (χ4v) is 4.26. The lowest BCUT2D eigenvalue weighted by atomic mass is 9.83. The van der Waals surface area contributed by atoms with E-state index < -0.39 is 5.41 Å². The number of hydrogen-bond acceptors (Lipinski definition) is 3. The minimum atomic E-state index is -0.767. The molecule has 0 bridgehead atoms. The van der Waals surface area contributed by atoms with Crippen LogP contribution in [-0.2, 0) is 30.3 Å². The summed E-state index contributed by atoms with van der Waals surface area (Å²) in [4.78, 5) is 33.6. The van der Waals surface area contributed by atoms with Crippen LogP contribution in [-0.4, -0.2) is 25.2 Å². The van der Waals surface area contributed by atoms with Gasteiger partial charge in [0.15, 0.2) is 0 Å². The van der Waals surface area contributed by atoms with Gasteiger partial charge in [-0.1, -0.05) is 54.6 Å². The number of aromatic nitrogens is 3. The van der Waals surface area contributed by atoms with Crippen molar-refractivity contribution in [1.82, 2.24) is 19.2 Å². The number of pyridine rings is 1. The summed E-state index contributed by atoms with van der Waals surface area (Å²) in [7, 11) is 1.87. The average molecular weight is 455 g/mol. The molecule has 0 fully saturated rings. The van der Waals surface area contributed by atoms with Crippen LogP contribution in [0.2, 0.25) is 0 Å². The molecule has 0 atom stereocenters. The van der Waals surface area contributed by atoms with E-state index in [0.717, 1.165) is 22.6 Å². The Morgan fingerprint density at radius 3 is 2.15 bits per heavy atom. The maximum absolute atomic E-state index is 13.9. The van der Waals surface area contributed by atoms with E-state index >= 15 is 0 Å². The van der Waals surface area contributed by atoms with Crippen LogP contribution < -0.4 is 5.56 Å². The molecule has 0 radical (unpaired) electrons. The fourth-order valence-electron chi connectivity index (χ4n) is 4.26. The molecule has 0 unspecified atom stereocenters. The number of amides is 1. The Morgan fingerprint density at radius 2 is 1.53 bits per heavy atom. The number of benzene rings is 2. The summed E-state index contributed by atoms with van der Waals surface area (Å²) in [6.45, 7) is 6.29. The summed E-state index contributed by atoms with van der Waals surface area (Å²) in [5.41, 5.74) is 3.02. The fraction of sp³-hybridized carbons (Fsp3) is 0.250. The van der Waals surface area contributed by atoms with Gasteiger partial charge in [-0.25, -0.2) is 4.68 Å². The molecule has 6 heteroatoms. The number of carbonyl (C=O) groups is 1. The molecule has 0 saturated carbocycles. The maximum Gasteiger partial charge on any atom is 0.276 e. The van der Waals surface area contributed by atoms with Gasteiger partial charge in [0.2, 0.25) is 5.91 Å². The number of carbonyl (C=O) groups excluding carboxylic acids is 1. The van der Waals surface area contributed by atoms with E-state index in [9.17, 15) is 9.59 Å². The van der Waals surface area contributed by atoms with Gasteiger partial charge in [0.1, 0.15) is 0 Å². The number of hydrogen-bond donors (Lipinski definition) is 0. The summed E-state index contributed by atoms with van der Waals surface area (Å²) in [5, 5.41) is 0. The van der Waals surface area contributed by atoms with E-state index in [1.807, 2.05) is 111 Å². The number of rotatable bonds is 7. The first-order valence-corrected chi connectivity index (χ1v) is 11.4. The molecule has 0 N–H and O–H groups in total. The SMILES string of the molecule is Cc1c(CN(Cc2ccccn2)C(=O)C(C)(C)c2ccccc2)c(=O)n(-c2ccccc2)n1C. The Kier molecular flexibility index (Phi) is 6.50. The minimum absolute atomic E-state index is 0.0572. The van der Waals surface area contributed by atoms with Gasteiger partial charge >= 0.3 is 0 Å². The molecule has 2 heterocycles. The van der Waals surface area contributed by atoms with Crippen molar-refractivity contribution in [2.24, 2.45) is 7.05 Å². The summed E-state index contributed by atoms with van der Waals surface area (Å²) >= 11 is 0. The van der Waals surface area contributed by atoms with Crippen molar-refractivity contribution >= 4 is 5.91 Å². The molecular weight excluding hydrogens is 424 g/mol. The summed E-state index contributed by atoms with van der Waals surface area (Å²) in [6.07, 6.45) is 1.72. The molecular formula is C28H30N4O2. The van der Waals surface area contributed by atoms with Gasteiger partial charge in [-0.2, -0.15) is 0 Å². The lowest BCUT2D eigenvalue weighted by Crippen LogP contribution is -2.43. The van der Waals surface area contributed by atoms with Crippen molar-refractivity contribution in [2.45, 2.75) is 39.3 Å². The van der Waals surface area contributed by atoms with Crippen molar-refractivity contribution in [3.63, 3.8) is 0 Å². The molecule has 0 spiro atoms. The highest BCUT2D eigenvalue weighted by molar-refractivity contribution is 5.87. The Morgan fingerprint density at radius 1 is 0.912 bits per heavy atom. The number of para-hydroxylation sites is 1. The van der Waals surface area contributed by atoms with Gasteiger partial charge in [-0.15, -0.1) is 0 Å². The normalized spacial score (nSPS) is 11.4. The lowest BCUT2D eigenvalue weighted by Gasteiger charge is -2.32. The van der Waals surface area contributed by atoms with E-state index in [0.29, 0.717) is 12.1 Å². The highest BCUT2D eigenvalue weighted by Gasteiger charge is 2.35. The van der Waals surface area contributed by atoms with Crippen LogP contribution in [0.15, 0.2) is 89.9 Å². The topological polar surface area (TPSA) is 60.1 Å². The van der Waals surface area contributed by atoms with Crippen molar-refractivity contribution in [1.29, 1.82) is 0 Å². The predicted molar refractivity (Wildman–Crippen MR) is 134 cm³/mol. The molecule has 0 aliphatic rings. The maximum atomic E-state index is 13.9. The molecule has 34 heavy (non-hydrogen) atoms. The third-order valence-corrected chi connectivity index (χ3v) is 6.42. The van der Waals surface area contributed by atoms with Gasteiger partial charge < -0.3 is 4.90 Å². The van der Waals surface area contributed by atoms with E-state index in [-0.39, 0.29) is 18.0 Å². The summed E-state index contributed by atoms with van der Waals surface area (Å²) in [5.74, 6) is -0.0572. The third kappa shape index (κ3) is 4.44. The van der Waals surface area contributed by atoms with Gasteiger partial charge in [-0.05, 0) is 50.6 Å². The highest BCUT2D eigenvalue weighted by Crippen LogP contribution is 2.27. The first-order valence-electron chi connectivity index (χ1n) is 11.4. The molecule has 4 aromatic rings. The largest absolute Gasteiger partial charge is 0.331 e. The molecule has 6 nitrogen and oxygen atoms in total.